The smallest absolute Gasteiger partial charge is 0.171 e. The van der Waals surface area contributed by atoms with Gasteiger partial charge in [0.05, 0.1) is 19.6 Å². The lowest BCUT2D eigenvalue weighted by atomic mass is 9.98. The van der Waals surface area contributed by atoms with Crippen molar-refractivity contribution in [1.82, 2.24) is 0 Å². The maximum absolute atomic E-state index is 12.5. The third-order valence-corrected chi connectivity index (χ3v) is 4.32. The highest BCUT2D eigenvalue weighted by Crippen LogP contribution is 2.15. The van der Waals surface area contributed by atoms with E-state index in [1.165, 1.54) is 0 Å². The lowest BCUT2D eigenvalue weighted by molar-refractivity contribution is -0.697. The first kappa shape index (κ1) is 21.2. The van der Waals surface area contributed by atoms with Crippen LogP contribution in [0.2, 0.25) is 0 Å². The van der Waals surface area contributed by atoms with E-state index in [4.69, 9.17) is 4.74 Å². The Morgan fingerprint density at radius 3 is 2.24 bits per heavy atom. The van der Waals surface area contributed by atoms with Gasteiger partial charge in [-0.2, -0.15) is 0 Å². The lowest BCUT2D eigenvalue weighted by Gasteiger charge is -2.19. The molecule has 2 aromatic carbocycles. The van der Waals surface area contributed by atoms with E-state index < -0.39 is 6.10 Å². The summed E-state index contributed by atoms with van der Waals surface area (Å²) < 4.78 is 5.11. The normalized spacial score (nSPS) is 14.1. The van der Waals surface area contributed by atoms with Gasteiger partial charge in [-0.3, -0.25) is 4.79 Å². The summed E-state index contributed by atoms with van der Waals surface area (Å²) in [4.78, 5) is 12.5. The molecule has 0 aromatic heterocycles. The second kappa shape index (κ2) is 10.2. The topological polar surface area (TPSA) is 63.1 Å². The number of hydrogen-bond donors (Lipinski definition) is 2. The first-order valence-corrected chi connectivity index (χ1v) is 8.27. The quantitative estimate of drug-likeness (QED) is 0.604. The van der Waals surface area contributed by atoms with Crippen molar-refractivity contribution in [2.45, 2.75) is 26.0 Å². The minimum atomic E-state index is -0.547. The van der Waals surface area contributed by atoms with Gasteiger partial charge in [-0.25, -0.2) is 0 Å². The number of carbonyl (C=O) groups excluding carboxylic acids is 1. The molecule has 0 aliphatic heterocycles. The van der Waals surface area contributed by atoms with E-state index in [1.54, 1.807) is 31.4 Å². The summed E-state index contributed by atoms with van der Waals surface area (Å²) in [5.74, 6) is 0.726. The van der Waals surface area contributed by atoms with Gasteiger partial charge in [-0.15, -0.1) is 0 Å². The number of hydrogen-bond acceptors (Lipinski definition) is 3. The van der Waals surface area contributed by atoms with E-state index in [1.807, 2.05) is 49.5 Å². The molecule has 4 nitrogen and oxygen atoms in total. The molecule has 2 rings (SSSR count). The molecule has 0 heterocycles. The summed E-state index contributed by atoms with van der Waals surface area (Å²) in [5, 5.41) is 12.4. The number of halogens is 1. The van der Waals surface area contributed by atoms with Crippen molar-refractivity contribution >= 4 is 5.78 Å². The van der Waals surface area contributed by atoms with Gasteiger partial charge in [0, 0.05) is 5.56 Å². The zero-order chi connectivity index (χ0) is 17.5. The number of quaternary nitrogens is 1. The fourth-order valence-electron chi connectivity index (χ4n) is 2.65. The van der Waals surface area contributed by atoms with Crippen LogP contribution in [0.3, 0.4) is 0 Å². The van der Waals surface area contributed by atoms with Crippen LogP contribution in [0.5, 0.6) is 5.75 Å². The number of nitrogens with two attached hydrogens (primary N) is 1. The first-order valence-electron chi connectivity index (χ1n) is 8.27. The third kappa shape index (κ3) is 5.85. The van der Waals surface area contributed by atoms with Crippen molar-refractivity contribution in [3.05, 3.63) is 65.7 Å². The SMILES string of the molecule is COc1ccc(C(=O)C(C)C[NH2+]C(C)C(O)c2ccccc2)cc1.[Cl-]. The van der Waals surface area contributed by atoms with E-state index >= 15 is 0 Å². The second-order valence-corrected chi connectivity index (χ2v) is 6.18. The summed E-state index contributed by atoms with van der Waals surface area (Å²) in [7, 11) is 1.61. The van der Waals surface area contributed by atoms with Crippen LogP contribution in [0.25, 0.3) is 0 Å². The molecule has 0 saturated carbocycles. The number of Topliss-reactive ketones (excluding diaryl/α,β-unsaturated/α-hetero) is 1. The zero-order valence-electron chi connectivity index (χ0n) is 14.9. The zero-order valence-corrected chi connectivity index (χ0v) is 15.6. The Morgan fingerprint density at radius 1 is 1.08 bits per heavy atom. The first-order chi connectivity index (χ1) is 11.5. The molecule has 136 valence electrons. The summed E-state index contributed by atoms with van der Waals surface area (Å²) in [6, 6.07) is 16.8. The molecule has 3 atom stereocenters. The monoisotopic (exact) mass is 363 g/mol. The number of aliphatic hydroxyl groups excluding tert-OH is 1. The number of ketones is 1. The van der Waals surface area contributed by atoms with Gasteiger partial charge in [0.15, 0.2) is 5.78 Å². The molecule has 0 bridgehead atoms. The van der Waals surface area contributed by atoms with E-state index in [2.05, 4.69) is 0 Å². The van der Waals surface area contributed by atoms with Crippen LogP contribution in [0, 0.1) is 5.92 Å². The van der Waals surface area contributed by atoms with Crippen LogP contribution < -0.4 is 22.5 Å². The molecule has 0 radical (unpaired) electrons. The van der Waals surface area contributed by atoms with Crippen LogP contribution in [0.15, 0.2) is 54.6 Å². The van der Waals surface area contributed by atoms with Crippen LogP contribution in [0.4, 0.5) is 0 Å². The number of rotatable bonds is 8. The molecule has 0 aliphatic rings. The molecular formula is C20H26ClNO3. The molecule has 3 N–H and O–H groups in total. The third-order valence-electron chi connectivity index (χ3n) is 4.32. The highest BCUT2D eigenvalue weighted by Gasteiger charge is 2.22. The molecule has 0 amide bonds. The second-order valence-electron chi connectivity index (χ2n) is 6.18. The Labute approximate surface area is 155 Å². The average molecular weight is 364 g/mol. The predicted molar refractivity (Wildman–Crippen MR) is 94.1 cm³/mol. The molecule has 2 aromatic rings. The van der Waals surface area contributed by atoms with E-state index in [0.717, 1.165) is 11.3 Å². The molecule has 0 spiro atoms. The number of carbonyl (C=O) groups is 1. The van der Waals surface area contributed by atoms with Gasteiger partial charge >= 0.3 is 0 Å². The van der Waals surface area contributed by atoms with Crippen LogP contribution in [-0.4, -0.2) is 30.6 Å². The molecule has 0 fully saturated rings. The Balaban J connectivity index is 0.00000312. The summed E-state index contributed by atoms with van der Waals surface area (Å²) in [6.07, 6.45) is -0.547. The fourth-order valence-corrected chi connectivity index (χ4v) is 2.65. The summed E-state index contributed by atoms with van der Waals surface area (Å²) in [5.41, 5.74) is 1.59. The summed E-state index contributed by atoms with van der Waals surface area (Å²) >= 11 is 0. The molecule has 25 heavy (non-hydrogen) atoms. The number of aliphatic hydroxyl groups is 1. The minimum Gasteiger partial charge on any atom is -1.00 e. The molecular weight excluding hydrogens is 338 g/mol. The Hall–Kier alpha value is -1.88. The Kier molecular flexibility index (Phi) is 8.62. The number of ether oxygens (including phenoxy) is 1. The van der Waals surface area contributed by atoms with Crippen molar-refractivity contribution < 1.29 is 32.4 Å². The van der Waals surface area contributed by atoms with Gasteiger partial charge in [-0.1, -0.05) is 30.3 Å². The maximum Gasteiger partial charge on any atom is 0.171 e. The van der Waals surface area contributed by atoms with Crippen molar-refractivity contribution in [1.29, 1.82) is 0 Å². The fraction of sp³-hybridized carbons (Fsp3) is 0.350. The molecule has 5 heteroatoms. The van der Waals surface area contributed by atoms with Crippen molar-refractivity contribution in [2.75, 3.05) is 13.7 Å². The summed E-state index contributed by atoms with van der Waals surface area (Å²) in [6.45, 7) is 4.53. The van der Waals surface area contributed by atoms with Crippen molar-refractivity contribution in [2.24, 2.45) is 5.92 Å². The standard InChI is InChI=1S/C20H25NO3.ClH/c1-14(19(22)17-9-11-18(24-3)12-10-17)13-21-15(2)20(23)16-7-5-4-6-8-16;/h4-12,14-15,20-21,23H,13H2,1-3H3;1H. The van der Waals surface area contributed by atoms with Crippen molar-refractivity contribution in [3.63, 3.8) is 0 Å². The van der Waals surface area contributed by atoms with Gasteiger partial charge in [0.2, 0.25) is 0 Å². The predicted octanol–water partition coefficient (Wildman–Crippen LogP) is -0.796. The van der Waals surface area contributed by atoms with Gasteiger partial charge in [0.1, 0.15) is 17.9 Å². The van der Waals surface area contributed by atoms with Crippen molar-refractivity contribution in [3.8, 4) is 5.75 Å². The molecule has 3 unspecified atom stereocenters. The lowest BCUT2D eigenvalue weighted by Crippen LogP contribution is -3.00. The number of methoxy groups -OCH3 is 1. The van der Waals surface area contributed by atoms with E-state index in [-0.39, 0.29) is 30.2 Å². The largest absolute Gasteiger partial charge is 1.00 e. The molecule has 0 saturated heterocycles. The van der Waals surface area contributed by atoms with E-state index in [9.17, 15) is 9.90 Å². The van der Waals surface area contributed by atoms with Crippen LogP contribution in [-0.2, 0) is 0 Å². The van der Waals surface area contributed by atoms with E-state index in [0.29, 0.717) is 12.1 Å². The Morgan fingerprint density at radius 2 is 1.68 bits per heavy atom. The van der Waals surface area contributed by atoms with Crippen LogP contribution >= 0.6 is 0 Å². The minimum absolute atomic E-state index is 0. The highest BCUT2D eigenvalue weighted by atomic mass is 35.5. The maximum atomic E-state index is 12.5. The molecule has 0 aliphatic carbocycles. The Bertz CT molecular complexity index is 646. The van der Waals surface area contributed by atoms with Gasteiger partial charge in [0.25, 0.3) is 0 Å². The van der Waals surface area contributed by atoms with Crippen LogP contribution in [0.1, 0.15) is 35.9 Å². The van der Waals surface area contributed by atoms with Gasteiger partial charge in [-0.05, 0) is 43.7 Å². The van der Waals surface area contributed by atoms with Gasteiger partial charge < -0.3 is 27.6 Å². The highest BCUT2D eigenvalue weighted by molar-refractivity contribution is 5.97. The average Bonchev–Trinajstić information content (AvgIpc) is 2.65. The number of benzene rings is 2.